The van der Waals surface area contributed by atoms with Crippen LogP contribution < -0.4 is 5.32 Å². The van der Waals surface area contributed by atoms with Gasteiger partial charge < -0.3 is 10.2 Å². The summed E-state index contributed by atoms with van der Waals surface area (Å²) in [5.41, 5.74) is 2.08. The number of nitrogens with zero attached hydrogens (tertiary/aromatic N) is 1. The molecule has 1 atom stereocenters. The average Bonchev–Trinajstić information content (AvgIpc) is 2.83. The SMILES string of the molecule is CN(C(=O)CNc1ccccc1C(C)(C)C)[C@@H]1CCS(=O)(=O)C1. The van der Waals surface area contributed by atoms with E-state index in [-0.39, 0.29) is 35.4 Å². The first-order chi connectivity index (χ1) is 10.6. The zero-order chi connectivity index (χ0) is 17.3. The Morgan fingerprint density at radius 2 is 1.96 bits per heavy atom. The van der Waals surface area contributed by atoms with Crippen LogP contribution in [0, 0.1) is 0 Å². The molecule has 0 unspecified atom stereocenters. The first-order valence-electron chi connectivity index (χ1n) is 7.89. The second-order valence-corrected chi connectivity index (χ2v) is 9.44. The molecule has 6 heteroatoms. The number of amides is 1. The topological polar surface area (TPSA) is 66.5 Å². The minimum atomic E-state index is -2.98. The third-order valence-corrected chi connectivity index (χ3v) is 6.07. The van der Waals surface area contributed by atoms with E-state index in [9.17, 15) is 13.2 Å². The Kier molecular flexibility index (Phi) is 5.04. The number of hydrogen-bond acceptors (Lipinski definition) is 4. The molecule has 1 aromatic rings. The van der Waals surface area contributed by atoms with Gasteiger partial charge in [0.15, 0.2) is 9.84 Å². The van der Waals surface area contributed by atoms with Crippen LogP contribution in [0.1, 0.15) is 32.8 Å². The lowest BCUT2D eigenvalue weighted by Gasteiger charge is -2.26. The molecule has 1 aromatic carbocycles. The largest absolute Gasteiger partial charge is 0.376 e. The van der Waals surface area contributed by atoms with Gasteiger partial charge in [0, 0.05) is 18.8 Å². The number of sulfone groups is 1. The molecule has 1 aliphatic heterocycles. The van der Waals surface area contributed by atoms with Crippen molar-refractivity contribution in [2.45, 2.75) is 38.6 Å². The van der Waals surface area contributed by atoms with Crippen molar-refractivity contribution < 1.29 is 13.2 Å². The molecule has 0 bridgehead atoms. The Morgan fingerprint density at radius 1 is 1.30 bits per heavy atom. The van der Waals surface area contributed by atoms with Crippen molar-refractivity contribution in [2.75, 3.05) is 30.4 Å². The zero-order valence-corrected chi connectivity index (χ0v) is 15.1. The molecule has 5 nitrogen and oxygen atoms in total. The summed E-state index contributed by atoms with van der Waals surface area (Å²) < 4.78 is 23.1. The van der Waals surface area contributed by atoms with Crippen LogP contribution in [-0.4, -0.2) is 50.4 Å². The maximum atomic E-state index is 12.3. The van der Waals surface area contributed by atoms with Crippen molar-refractivity contribution in [1.29, 1.82) is 0 Å². The van der Waals surface area contributed by atoms with E-state index in [1.807, 2.05) is 18.2 Å². The van der Waals surface area contributed by atoms with E-state index in [1.54, 1.807) is 11.9 Å². The third-order valence-electron chi connectivity index (χ3n) is 4.31. The monoisotopic (exact) mass is 338 g/mol. The summed E-state index contributed by atoms with van der Waals surface area (Å²) >= 11 is 0. The molecule has 23 heavy (non-hydrogen) atoms. The van der Waals surface area contributed by atoms with Gasteiger partial charge in [-0.2, -0.15) is 0 Å². The highest BCUT2D eigenvalue weighted by Gasteiger charge is 2.32. The number of rotatable bonds is 4. The maximum absolute atomic E-state index is 12.3. The Labute approximate surface area is 139 Å². The fraction of sp³-hybridized carbons (Fsp3) is 0.588. The minimum absolute atomic E-state index is 0.0158. The van der Waals surface area contributed by atoms with Gasteiger partial charge in [-0.1, -0.05) is 39.0 Å². The number of nitrogens with one attached hydrogen (secondary N) is 1. The Bertz CT molecular complexity index is 677. The van der Waals surface area contributed by atoms with Crippen LogP contribution in [0.2, 0.25) is 0 Å². The third kappa shape index (κ3) is 4.47. The summed E-state index contributed by atoms with van der Waals surface area (Å²) in [4.78, 5) is 13.9. The van der Waals surface area contributed by atoms with Crippen LogP contribution in [0.15, 0.2) is 24.3 Å². The number of hydrogen-bond donors (Lipinski definition) is 1. The van der Waals surface area contributed by atoms with Gasteiger partial charge in [0.1, 0.15) is 0 Å². The minimum Gasteiger partial charge on any atom is -0.376 e. The van der Waals surface area contributed by atoms with Crippen molar-refractivity contribution in [1.82, 2.24) is 4.90 Å². The summed E-state index contributed by atoms with van der Waals surface area (Å²) in [5.74, 6) is 0.166. The van der Waals surface area contributed by atoms with Crippen molar-refractivity contribution in [3.63, 3.8) is 0 Å². The van der Waals surface area contributed by atoms with Crippen LogP contribution in [0.4, 0.5) is 5.69 Å². The number of anilines is 1. The van der Waals surface area contributed by atoms with Crippen molar-refractivity contribution >= 4 is 21.4 Å². The normalized spacial score (nSPS) is 20.3. The maximum Gasteiger partial charge on any atom is 0.241 e. The van der Waals surface area contributed by atoms with Crippen LogP contribution in [-0.2, 0) is 20.0 Å². The van der Waals surface area contributed by atoms with Crippen molar-refractivity contribution in [3.05, 3.63) is 29.8 Å². The van der Waals surface area contributed by atoms with Crippen molar-refractivity contribution in [3.8, 4) is 0 Å². The van der Waals surface area contributed by atoms with Crippen molar-refractivity contribution in [2.24, 2.45) is 0 Å². The molecule has 0 spiro atoms. The summed E-state index contributed by atoms with van der Waals surface area (Å²) in [6.45, 7) is 6.56. The number of likely N-dealkylation sites (N-methyl/N-ethyl adjacent to an activating group) is 1. The van der Waals surface area contributed by atoms with E-state index >= 15 is 0 Å². The predicted molar refractivity (Wildman–Crippen MR) is 93.5 cm³/mol. The number of carbonyl (C=O) groups is 1. The molecule has 1 saturated heterocycles. The molecule has 2 rings (SSSR count). The Balaban J connectivity index is 2.00. The lowest BCUT2D eigenvalue weighted by molar-refractivity contribution is -0.129. The predicted octanol–water partition coefficient (Wildman–Crippen LogP) is 2.04. The van der Waals surface area contributed by atoms with E-state index in [4.69, 9.17) is 0 Å². The fourth-order valence-corrected chi connectivity index (χ4v) is 4.65. The molecule has 1 amide bonds. The lowest BCUT2D eigenvalue weighted by atomic mass is 9.86. The van der Waals surface area contributed by atoms with E-state index < -0.39 is 9.84 Å². The molecule has 1 N–H and O–H groups in total. The Hall–Kier alpha value is -1.56. The highest BCUT2D eigenvalue weighted by molar-refractivity contribution is 7.91. The molecule has 1 fully saturated rings. The van der Waals surface area contributed by atoms with E-state index in [2.05, 4.69) is 32.2 Å². The standard InChI is InChI=1S/C17H26N2O3S/c1-17(2,3)14-7-5-6-8-15(14)18-11-16(20)19(4)13-9-10-23(21,22)12-13/h5-8,13,18H,9-12H2,1-4H3/t13-/m1/s1. The molecule has 0 radical (unpaired) electrons. The van der Waals surface area contributed by atoms with Gasteiger partial charge in [0.05, 0.1) is 18.1 Å². The first kappa shape index (κ1) is 17.8. The van der Waals surface area contributed by atoms with Crippen LogP contribution in [0.5, 0.6) is 0 Å². The van der Waals surface area contributed by atoms with Gasteiger partial charge in [-0.15, -0.1) is 0 Å². The van der Waals surface area contributed by atoms with Gasteiger partial charge in [0.25, 0.3) is 0 Å². The first-order valence-corrected chi connectivity index (χ1v) is 9.72. The molecule has 0 aromatic heterocycles. The smallest absolute Gasteiger partial charge is 0.241 e. The quantitative estimate of drug-likeness (QED) is 0.912. The Morgan fingerprint density at radius 3 is 2.52 bits per heavy atom. The average molecular weight is 338 g/mol. The highest BCUT2D eigenvalue weighted by Crippen LogP contribution is 2.29. The summed E-state index contributed by atoms with van der Waals surface area (Å²) in [6.07, 6.45) is 0.531. The molecule has 128 valence electrons. The second kappa shape index (κ2) is 6.51. The van der Waals surface area contributed by atoms with Gasteiger partial charge in [-0.3, -0.25) is 4.79 Å². The van der Waals surface area contributed by atoms with Gasteiger partial charge in [0.2, 0.25) is 5.91 Å². The van der Waals surface area contributed by atoms with Crippen LogP contribution >= 0.6 is 0 Å². The molecule has 0 aliphatic carbocycles. The molecule has 0 saturated carbocycles. The van der Waals surface area contributed by atoms with E-state index in [0.29, 0.717) is 6.42 Å². The lowest BCUT2D eigenvalue weighted by Crippen LogP contribution is -2.41. The van der Waals surface area contributed by atoms with E-state index in [0.717, 1.165) is 11.3 Å². The van der Waals surface area contributed by atoms with Gasteiger partial charge in [-0.25, -0.2) is 8.42 Å². The van der Waals surface area contributed by atoms with Crippen LogP contribution in [0.25, 0.3) is 0 Å². The number of para-hydroxylation sites is 1. The fourth-order valence-electron chi connectivity index (χ4n) is 2.87. The number of carbonyl (C=O) groups excluding carboxylic acids is 1. The van der Waals surface area contributed by atoms with Gasteiger partial charge >= 0.3 is 0 Å². The highest BCUT2D eigenvalue weighted by atomic mass is 32.2. The zero-order valence-electron chi connectivity index (χ0n) is 14.3. The van der Waals surface area contributed by atoms with Gasteiger partial charge in [-0.05, 0) is 23.5 Å². The summed E-state index contributed by atoms with van der Waals surface area (Å²) in [5, 5.41) is 3.20. The second-order valence-electron chi connectivity index (χ2n) is 7.21. The molecular weight excluding hydrogens is 312 g/mol. The summed E-state index contributed by atoms with van der Waals surface area (Å²) in [6, 6.07) is 7.75. The van der Waals surface area contributed by atoms with Crippen LogP contribution in [0.3, 0.4) is 0 Å². The van der Waals surface area contributed by atoms with E-state index in [1.165, 1.54) is 0 Å². The summed E-state index contributed by atoms with van der Waals surface area (Å²) in [7, 11) is -1.30. The molecule has 1 heterocycles. The number of benzene rings is 1. The molecule has 1 aliphatic rings. The molecular formula is C17H26N2O3S.